The van der Waals surface area contributed by atoms with E-state index in [1.807, 2.05) is 36.9 Å². The van der Waals surface area contributed by atoms with E-state index in [0.29, 0.717) is 19.7 Å². The molecule has 2 saturated heterocycles. The Morgan fingerprint density at radius 3 is 2.60 bits per heavy atom. The number of ether oxygens (including phenoxy) is 2. The molecule has 1 N–H and O–H groups in total. The third kappa shape index (κ3) is 3.65. The Morgan fingerprint density at radius 2 is 2.04 bits per heavy atom. The molecule has 7 heteroatoms. The highest BCUT2D eigenvalue weighted by Gasteiger charge is 2.37. The second-order valence-electron chi connectivity index (χ2n) is 6.66. The summed E-state index contributed by atoms with van der Waals surface area (Å²) in [5.74, 6) is 0.767. The summed E-state index contributed by atoms with van der Waals surface area (Å²) in [5.41, 5.74) is 1.74. The second kappa shape index (κ2) is 7.21. The molecule has 2 aliphatic heterocycles. The molecule has 1 aromatic carbocycles. The van der Waals surface area contributed by atoms with Gasteiger partial charge in [-0.05, 0) is 50.5 Å². The molecule has 0 radical (unpaired) electrons. The summed E-state index contributed by atoms with van der Waals surface area (Å²) >= 11 is 0. The van der Waals surface area contributed by atoms with Crippen molar-refractivity contribution in [2.24, 2.45) is 0 Å². The lowest BCUT2D eigenvalue weighted by Crippen LogP contribution is -2.50. The van der Waals surface area contributed by atoms with Gasteiger partial charge in [-0.15, -0.1) is 0 Å². The van der Waals surface area contributed by atoms with Crippen LogP contribution in [0, 0.1) is 6.92 Å². The summed E-state index contributed by atoms with van der Waals surface area (Å²) in [6.45, 7) is 5.64. The van der Waals surface area contributed by atoms with Crippen molar-refractivity contribution >= 4 is 17.8 Å². The predicted molar refractivity (Wildman–Crippen MR) is 94.0 cm³/mol. The quantitative estimate of drug-likeness (QED) is 0.913. The van der Waals surface area contributed by atoms with Gasteiger partial charge in [0.05, 0.1) is 13.2 Å². The Morgan fingerprint density at radius 1 is 1.32 bits per heavy atom. The molecular formula is C18H25N3O4. The zero-order valence-corrected chi connectivity index (χ0v) is 14.9. The van der Waals surface area contributed by atoms with Crippen LogP contribution in [0.2, 0.25) is 0 Å². The molecule has 25 heavy (non-hydrogen) atoms. The molecule has 3 amide bonds. The van der Waals surface area contributed by atoms with Crippen molar-refractivity contribution in [1.29, 1.82) is 0 Å². The van der Waals surface area contributed by atoms with Crippen molar-refractivity contribution in [3.63, 3.8) is 0 Å². The predicted octanol–water partition coefficient (Wildman–Crippen LogP) is 2.84. The number of rotatable bonds is 3. The fourth-order valence-corrected chi connectivity index (χ4v) is 3.48. The van der Waals surface area contributed by atoms with Crippen LogP contribution < -0.4 is 10.1 Å². The van der Waals surface area contributed by atoms with E-state index in [-0.39, 0.29) is 24.2 Å². The first-order valence-corrected chi connectivity index (χ1v) is 8.65. The van der Waals surface area contributed by atoms with Crippen molar-refractivity contribution < 1.29 is 19.1 Å². The van der Waals surface area contributed by atoms with E-state index in [0.717, 1.165) is 29.8 Å². The molecule has 0 aromatic heterocycles. The first kappa shape index (κ1) is 17.4. The van der Waals surface area contributed by atoms with Gasteiger partial charge in [0.1, 0.15) is 12.4 Å². The van der Waals surface area contributed by atoms with Crippen LogP contribution in [-0.4, -0.2) is 60.8 Å². The van der Waals surface area contributed by atoms with Crippen molar-refractivity contribution in [2.75, 3.05) is 32.1 Å². The summed E-state index contributed by atoms with van der Waals surface area (Å²) in [6.07, 6.45) is 1.31. The molecular weight excluding hydrogens is 322 g/mol. The normalized spacial score (nSPS) is 21.2. The Labute approximate surface area is 147 Å². The maximum Gasteiger partial charge on any atom is 0.410 e. The third-order valence-corrected chi connectivity index (χ3v) is 4.95. The van der Waals surface area contributed by atoms with Crippen LogP contribution in [0.15, 0.2) is 18.2 Å². The van der Waals surface area contributed by atoms with Crippen LogP contribution in [0.1, 0.15) is 25.3 Å². The molecule has 2 fully saturated rings. The lowest BCUT2D eigenvalue weighted by molar-refractivity contribution is 0.118. The maximum atomic E-state index is 12.5. The van der Waals surface area contributed by atoms with Crippen LogP contribution in [0.3, 0.4) is 0 Å². The SMILES string of the molecule is COc1ccc(NC(=O)N2CCC(N3C(=O)OCC3C)CC2)c(C)c1. The number of benzene rings is 1. The summed E-state index contributed by atoms with van der Waals surface area (Å²) in [5, 5.41) is 2.96. The van der Waals surface area contributed by atoms with E-state index < -0.39 is 0 Å². The number of methoxy groups -OCH3 is 1. The lowest BCUT2D eigenvalue weighted by atomic mass is 10.0. The summed E-state index contributed by atoms with van der Waals surface area (Å²) < 4.78 is 10.3. The molecule has 1 aromatic rings. The molecule has 0 aliphatic carbocycles. The number of hydrogen-bond donors (Lipinski definition) is 1. The molecule has 1 atom stereocenters. The number of carbonyl (C=O) groups is 2. The zero-order valence-electron chi connectivity index (χ0n) is 14.9. The number of anilines is 1. The summed E-state index contributed by atoms with van der Waals surface area (Å²) in [7, 11) is 1.62. The van der Waals surface area contributed by atoms with Crippen LogP contribution in [-0.2, 0) is 4.74 Å². The largest absolute Gasteiger partial charge is 0.497 e. The number of carbonyl (C=O) groups excluding carboxylic acids is 2. The summed E-state index contributed by atoms with van der Waals surface area (Å²) in [4.78, 5) is 28.0. The van der Waals surface area contributed by atoms with Crippen LogP contribution >= 0.6 is 0 Å². The highest BCUT2D eigenvalue weighted by molar-refractivity contribution is 5.90. The monoisotopic (exact) mass is 347 g/mol. The number of nitrogens with zero attached hydrogens (tertiary/aromatic N) is 2. The molecule has 2 aliphatic rings. The fourth-order valence-electron chi connectivity index (χ4n) is 3.48. The minimum atomic E-state index is -0.232. The smallest absolute Gasteiger partial charge is 0.410 e. The van der Waals surface area contributed by atoms with Crippen molar-refractivity contribution in [1.82, 2.24) is 9.80 Å². The van der Waals surface area contributed by atoms with Gasteiger partial charge in [-0.3, -0.25) is 4.90 Å². The summed E-state index contributed by atoms with van der Waals surface area (Å²) in [6, 6.07) is 5.72. The van der Waals surface area contributed by atoms with Crippen molar-refractivity contribution in [3.8, 4) is 5.75 Å². The number of cyclic esters (lactones) is 1. The molecule has 0 bridgehead atoms. The van der Waals surface area contributed by atoms with Gasteiger partial charge < -0.3 is 19.7 Å². The standard InChI is InChI=1S/C18H25N3O4/c1-12-10-15(24-3)4-5-16(12)19-17(22)20-8-6-14(7-9-20)21-13(2)11-25-18(21)23/h4-5,10,13-14H,6-9,11H2,1-3H3,(H,19,22). The molecule has 7 nitrogen and oxygen atoms in total. The van der Waals surface area contributed by atoms with Gasteiger partial charge in [0, 0.05) is 24.8 Å². The van der Waals surface area contributed by atoms with Gasteiger partial charge in [-0.1, -0.05) is 0 Å². The number of likely N-dealkylation sites (tertiary alicyclic amines) is 1. The Bertz CT molecular complexity index is 656. The van der Waals surface area contributed by atoms with Gasteiger partial charge in [-0.25, -0.2) is 9.59 Å². The average Bonchev–Trinajstić information content (AvgIpc) is 2.95. The number of hydrogen-bond acceptors (Lipinski definition) is 4. The molecule has 1 unspecified atom stereocenters. The topological polar surface area (TPSA) is 71.1 Å². The van der Waals surface area contributed by atoms with E-state index in [1.54, 1.807) is 12.0 Å². The minimum Gasteiger partial charge on any atom is -0.497 e. The van der Waals surface area contributed by atoms with Gasteiger partial charge in [0.15, 0.2) is 0 Å². The van der Waals surface area contributed by atoms with Gasteiger partial charge >= 0.3 is 12.1 Å². The van der Waals surface area contributed by atoms with Crippen LogP contribution in [0.4, 0.5) is 15.3 Å². The fraction of sp³-hybridized carbons (Fsp3) is 0.556. The number of amides is 3. The molecule has 0 spiro atoms. The van der Waals surface area contributed by atoms with E-state index in [1.165, 1.54) is 0 Å². The first-order chi connectivity index (χ1) is 12.0. The average molecular weight is 347 g/mol. The second-order valence-corrected chi connectivity index (χ2v) is 6.66. The van der Waals surface area contributed by atoms with Gasteiger partial charge in [-0.2, -0.15) is 0 Å². The van der Waals surface area contributed by atoms with E-state index in [2.05, 4.69) is 5.32 Å². The number of nitrogens with one attached hydrogen (secondary N) is 1. The van der Waals surface area contributed by atoms with Crippen LogP contribution in [0.25, 0.3) is 0 Å². The van der Waals surface area contributed by atoms with E-state index in [9.17, 15) is 9.59 Å². The molecule has 136 valence electrons. The number of piperidine rings is 1. The first-order valence-electron chi connectivity index (χ1n) is 8.65. The van der Waals surface area contributed by atoms with Gasteiger partial charge in [0.25, 0.3) is 0 Å². The Kier molecular flexibility index (Phi) is 5.01. The number of aryl methyl sites for hydroxylation is 1. The highest BCUT2D eigenvalue weighted by Crippen LogP contribution is 2.25. The molecule has 3 rings (SSSR count). The maximum absolute atomic E-state index is 12.5. The Balaban J connectivity index is 1.56. The number of urea groups is 1. The molecule has 0 saturated carbocycles. The van der Waals surface area contributed by atoms with Crippen molar-refractivity contribution in [2.45, 2.75) is 38.8 Å². The van der Waals surface area contributed by atoms with Crippen molar-refractivity contribution in [3.05, 3.63) is 23.8 Å². The van der Waals surface area contributed by atoms with E-state index in [4.69, 9.17) is 9.47 Å². The highest BCUT2D eigenvalue weighted by atomic mass is 16.6. The zero-order chi connectivity index (χ0) is 18.0. The van der Waals surface area contributed by atoms with Gasteiger partial charge in [0.2, 0.25) is 0 Å². The van der Waals surface area contributed by atoms with E-state index >= 15 is 0 Å². The van der Waals surface area contributed by atoms with Crippen LogP contribution in [0.5, 0.6) is 5.75 Å². The third-order valence-electron chi connectivity index (χ3n) is 4.95. The molecule has 2 heterocycles. The Hall–Kier alpha value is -2.44. The lowest BCUT2D eigenvalue weighted by Gasteiger charge is -2.37. The minimum absolute atomic E-state index is 0.108.